The summed E-state index contributed by atoms with van der Waals surface area (Å²) < 4.78 is 28.2. The molecule has 0 heterocycles. The Morgan fingerprint density at radius 2 is 1.94 bits per heavy atom. The molecule has 3 nitrogen and oxygen atoms in total. The molecule has 1 aliphatic carbocycles. The third-order valence-electron chi connectivity index (χ3n) is 2.70. The molecule has 2 N–H and O–H groups in total. The highest BCUT2D eigenvalue weighted by molar-refractivity contribution is 5.29. The van der Waals surface area contributed by atoms with Gasteiger partial charge in [0.05, 0.1) is 12.6 Å². The predicted molar refractivity (Wildman–Crippen MR) is 59.1 cm³/mol. The fourth-order valence-electron chi connectivity index (χ4n) is 1.67. The highest BCUT2D eigenvalue weighted by atomic mass is 19.3. The van der Waals surface area contributed by atoms with Gasteiger partial charge in [-0.15, -0.1) is 0 Å². The minimum absolute atomic E-state index is 0.00838. The van der Waals surface area contributed by atoms with E-state index in [2.05, 4.69) is 10.1 Å². The molecule has 1 fully saturated rings. The topological polar surface area (TPSA) is 41.5 Å². The van der Waals surface area contributed by atoms with E-state index in [0.717, 1.165) is 18.4 Å². The van der Waals surface area contributed by atoms with E-state index in [1.54, 1.807) is 12.1 Å². The number of nitrogens with one attached hydrogen (secondary N) is 1. The van der Waals surface area contributed by atoms with Gasteiger partial charge in [0.2, 0.25) is 0 Å². The molecule has 2 rings (SSSR count). The second-order valence-corrected chi connectivity index (χ2v) is 4.12. The first-order chi connectivity index (χ1) is 8.19. The molecule has 1 unspecified atom stereocenters. The largest absolute Gasteiger partial charge is 0.435 e. The number of hydrogen-bond donors (Lipinski definition) is 2. The van der Waals surface area contributed by atoms with E-state index in [4.69, 9.17) is 0 Å². The zero-order valence-corrected chi connectivity index (χ0v) is 9.27. The van der Waals surface area contributed by atoms with Crippen LogP contribution in [0.2, 0.25) is 0 Å². The smallest absolute Gasteiger partial charge is 0.387 e. The summed E-state index contributed by atoms with van der Waals surface area (Å²) in [5, 5.41) is 12.5. The molecule has 0 amide bonds. The maximum Gasteiger partial charge on any atom is 0.387 e. The molecule has 0 radical (unpaired) electrons. The number of benzene rings is 1. The molecule has 1 aromatic rings. The van der Waals surface area contributed by atoms with Crippen LogP contribution in [0.25, 0.3) is 0 Å². The highest BCUT2D eigenvalue weighted by Crippen LogP contribution is 2.25. The summed E-state index contributed by atoms with van der Waals surface area (Å²) in [7, 11) is 0. The molecular formula is C12H15F2NO2. The van der Waals surface area contributed by atoms with E-state index in [0.29, 0.717) is 6.04 Å². The van der Waals surface area contributed by atoms with E-state index in [9.17, 15) is 13.9 Å². The third-order valence-corrected chi connectivity index (χ3v) is 2.70. The molecule has 0 aromatic heterocycles. The van der Waals surface area contributed by atoms with E-state index in [1.807, 2.05) is 0 Å². The van der Waals surface area contributed by atoms with Crippen LogP contribution in [-0.4, -0.2) is 24.4 Å². The van der Waals surface area contributed by atoms with Crippen molar-refractivity contribution in [3.8, 4) is 5.75 Å². The normalized spacial score (nSPS) is 17.2. The zero-order valence-electron chi connectivity index (χ0n) is 9.27. The van der Waals surface area contributed by atoms with Crippen molar-refractivity contribution in [2.75, 3.05) is 6.61 Å². The molecule has 1 atom stereocenters. The zero-order chi connectivity index (χ0) is 12.3. The first-order valence-electron chi connectivity index (χ1n) is 5.60. The Kier molecular flexibility index (Phi) is 3.91. The minimum Gasteiger partial charge on any atom is -0.435 e. The minimum atomic E-state index is -2.81. The molecule has 1 aliphatic rings. The molecular weight excluding hydrogens is 228 g/mol. The first kappa shape index (κ1) is 12.3. The second-order valence-electron chi connectivity index (χ2n) is 4.12. The molecule has 1 saturated carbocycles. The van der Waals surface area contributed by atoms with Crippen molar-refractivity contribution in [1.29, 1.82) is 0 Å². The van der Waals surface area contributed by atoms with Gasteiger partial charge in [0.25, 0.3) is 0 Å². The van der Waals surface area contributed by atoms with Gasteiger partial charge in [-0.25, -0.2) is 0 Å². The maximum atomic E-state index is 12.0. The van der Waals surface area contributed by atoms with Crippen molar-refractivity contribution in [1.82, 2.24) is 5.32 Å². The van der Waals surface area contributed by atoms with Crippen LogP contribution in [0.15, 0.2) is 24.3 Å². The summed E-state index contributed by atoms with van der Waals surface area (Å²) in [5.74, 6) is 0.131. The van der Waals surface area contributed by atoms with E-state index in [1.165, 1.54) is 12.1 Å². The SMILES string of the molecule is OCC(NC1CC1)c1ccc(OC(F)F)cc1. The van der Waals surface area contributed by atoms with Crippen molar-refractivity contribution in [2.24, 2.45) is 0 Å². The van der Waals surface area contributed by atoms with Gasteiger partial charge in [-0.3, -0.25) is 0 Å². The summed E-state index contributed by atoms with van der Waals surface area (Å²) in [6.45, 7) is -2.81. The summed E-state index contributed by atoms with van der Waals surface area (Å²) in [6.07, 6.45) is 2.26. The van der Waals surface area contributed by atoms with Gasteiger partial charge in [0, 0.05) is 6.04 Å². The van der Waals surface area contributed by atoms with Crippen molar-refractivity contribution >= 4 is 0 Å². The van der Waals surface area contributed by atoms with Crippen LogP contribution in [0.3, 0.4) is 0 Å². The van der Waals surface area contributed by atoms with Gasteiger partial charge in [0.15, 0.2) is 0 Å². The summed E-state index contributed by atoms with van der Waals surface area (Å²) >= 11 is 0. The van der Waals surface area contributed by atoms with Crippen molar-refractivity contribution in [3.63, 3.8) is 0 Å². The van der Waals surface area contributed by atoms with Crippen LogP contribution in [0, 0.1) is 0 Å². The number of halogens is 2. The van der Waals surface area contributed by atoms with Crippen molar-refractivity contribution < 1.29 is 18.6 Å². The highest BCUT2D eigenvalue weighted by Gasteiger charge is 2.24. The Morgan fingerprint density at radius 3 is 2.41 bits per heavy atom. The maximum absolute atomic E-state index is 12.0. The van der Waals surface area contributed by atoms with Crippen LogP contribution in [0.5, 0.6) is 5.75 Å². The van der Waals surface area contributed by atoms with E-state index < -0.39 is 6.61 Å². The Bertz CT molecular complexity index is 352. The lowest BCUT2D eigenvalue weighted by Gasteiger charge is -2.16. The lowest BCUT2D eigenvalue weighted by Crippen LogP contribution is -2.26. The molecule has 0 aliphatic heterocycles. The van der Waals surface area contributed by atoms with Crippen LogP contribution in [-0.2, 0) is 0 Å². The summed E-state index contributed by atoms with van der Waals surface area (Å²) in [6, 6.07) is 6.69. The lowest BCUT2D eigenvalue weighted by molar-refractivity contribution is -0.0498. The van der Waals surface area contributed by atoms with Gasteiger partial charge >= 0.3 is 6.61 Å². The number of hydrogen-bond acceptors (Lipinski definition) is 3. The second kappa shape index (κ2) is 5.42. The summed E-state index contributed by atoms with van der Waals surface area (Å²) in [5.41, 5.74) is 0.876. The first-order valence-corrected chi connectivity index (χ1v) is 5.60. The van der Waals surface area contributed by atoms with Gasteiger partial charge in [-0.1, -0.05) is 12.1 Å². The fourth-order valence-corrected chi connectivity index (χ4v) is 1.67. The van der Waals surface area contributed by atoms with E-state index >= 15 is 0 Å². The average molecular weight is 243 g/mol. The van der Waals surface area contributed by atoms with Gasteiger partial charge in [-0.2, -0.15) is 8.78 Å². The van der Waals surface area contributed by atoms with E-state index in [-0.39, 0.29) is 18.4 Å². The average Bonchev–Trinajstić information content (AvgIpc) is 3.10. The lowest BCUT2D eigenvalue weighted by atomic mass is 10.1. The Morgan fingerprint density at radius 1 is 1.29 bits per heavy atom. The Labute approximate surface area is 98.4 Å². The molecule has 1 aromatic carbocycles. The number of aliphatic hydroxyl groups excluding tert-OH is 1. The summed E-state index contributed by atoms with van der Waals surface area (Å²) in [4.78, 5) is 0. The molecule has 94 valence electrons. The van der Waals surface area contributed by atoms with Gasteiger partial charge in [-0.05, 0) is 30.5 Å². The van der Waals surface area contributed by atoms with Gasteiger partial charge < -0.3 is 15.2 Å². The molecule has 0 spiro atoms. The quantitative estimate of drug-likeness (QED) is 0.803. The fraction of sp³-hybridized carbons (Fsp3) is 0.500. The number of rotatable bonds is 6. The number of ether oxygens (including phenoxy) is 1. The Balaban J connectivity index is 1.99. The number of aliphatic hydroxyl groups is 1. The molecule has 5 heteroatoms. The van der Waals surface area contributed by atoms with Crippen molar-refractivity contribution in [2.45, 2.75) is 31.5 Å². The predicted octanol–water partition coefficient (Wildman–Crippen LogP) is 2.07. The Hall–Kier alpha value is -1.20. The monoisotopic (exact) mass is 243 g/mol. The van der Waals surface area contributed by atoms with Crippen molar-refractivity contribution in [3.05, 3.63) is 29.8 Å². The third kappa shape index (κ3) is 3.64. The molecule has 17 heavy (non-hydrogen) atoms. The standard InChI is InChI=1S/C12H15F2NO2/c13-12(14)17-10-5-1-8(2-6-10)11(7-16)15-9-3-4-9/h1-2,5-6,9,11-12,15-16H,3-4,7H2. The van der Waals surface area contributed by atoms with Crippen LogP contribution < -0.4 is 10.1 Å². The van der Waals surface area contributed by atoms with Crippen LogP contribution in [0.1, 0.15) is 24.4 Å². The molecule has 0 saturated heterocycles. The van der Waals surface area contributed by atoms with Gasteiger partial charge in [0.1, 0.15) is 5.75 Å². The van der Waals surface area contributed by atoms with Crippen LogP contribution in [0.4, 0.5) is 8.78 Å². The van der Waals surface area contributed by atoms with Crippen LogP contribution >= 0.6 is 0 Å². The number of alkyl halides is 2. The molecule has 0 bridgehead atoms.